The molecule has 3 fully saturated rings. The number of benzene rings is 4. The quantitative estimate of drug-likeness (QED) is 0.105. The number of hydrogen-bond acceptors (Lipinski definition) is 8. The molecule has 0 bridgehead atoms. The van der Waals surface area contributed by atoms with Gasteiger partial charge in [-0.3, -0.25) is 14.6 Å². The van der Waals surface area contributed by atoms with Crippen molar-refractivity contribution in [2.75, 3.05) is 19.6 Å². The summed E-state index contributed by atoms with van der Waals surface area (Å²) in [5, 5.41) is 7.74. The highest BCUT2D eigenvalue weighted by Gasteiger charge is 2.46. The number of halogens is 12. The molecule has 26 heteroatoms. The normalized spacial score (nSPS) is 21.9. The maximum absolute atomic E-state index is 14.3. The summed E-state index contributed by atoms with van der Waals surface area (Å²) in [6.45, 7) is -1.89. The van der Waals surface area contributed by atoms with E-state index >= 15 is 0 Å². The van der Waals surface area contributed by atoms with Gasteiger partial charge in [-0.05, 0) is 121 Å². The van der Waals surface area contributed by atoms with Gasteiger partial charge in [0.05, 0.1) is 27.0 Å². The number of carbonyl (C=O) groups excluding carboxylic acids is 2. The molecule has 4 heterocycles. The Labute approximate surface area is 416 Å². The van der Waals surface area contributed by atoms with Crippen LogP contribution in [0.15, 0.2) is 113 Å². The number of alkyl halides is 8. The Morgan fingerprint density at radius 1 is 0.622 bits per heavy atom. The van der Waals surface area contributed by atoms with Crippen LogP contribution in [0.25, 0.3) is 11.3 Å². The van der Waals surface area contributed by atoms with Crippen molar-refractivity contribution in [1.82, 2.24) is 29.5 Å². The number of piperidine rings is 1. The smallest absolute Gasteiger partial charge is 0.351 e. The molecule has 8 rings (SSSR count). The van der Waals surface area contributed by atoms with Gasteiger partial charge in [0.15, 0.2) is 0 Å². The van der Waals surface area contributed by atoms with E-state index in [1.54, 1.807) is 6.07 Å². The molecule has 1 aromatic heterocycles. The predicted molar refractivity (Wildman–Crippen MR) is 241 cm³/mol. The number of nitrogens with one attached hydrogen (secondary N) is 3. The summed E-state index contributed by atoms with van der Waals surface area (Å²) >= 11 is 0. The second kappa shape index (κ2) is 22.4. The van der Waals surface area contributed by atoms with Crippen molar-refractivity contribution in [3.63, 3.8) is 0 Å². The highest BCUT2D eigenvalue weighted by atomic mass is 32.2. The Balaban J connectivity index is 0.000000216. The number of amides is 2. The average Bonchev–Trinajstić information content (AvgIpc) is 3.96. The maximum atomic E-state index is 14.3. The van der Waals surface area contributed by atoms with Gasteiger partial charge in [0, 0.05) is 63.4 Å². The molecular weight excluding hydrogens is 1050 g/mol. The zero-order valence-corrected chi connectivity index (χ0v) is 39.9. The van der Waals surface area contributed by atoms with Crippen molar-refractivity contribution >= 4 is 31.9 Å². The molecular formula is C48H44F12N6O6S2. The third-order valence-electron chi connectivity index (χ3n) is 12.4. The Morgan fingerprint density at radius 2 is 1.11 bits per heavy atom. The van der Waals surface area contributed by atoms with E-state index in [1.165, 1.54) is 12.1 Å². The van der Waals surface area contributed by atoms with E-state index in [4.69, 9.17) is 0 Å². The Kier molecular flexibility index (Phi) is 16.8. The summed E-state index contributed by atoms with van der Waals surface area (Å²) in [5.74, 6) is -5.81. The van der Waals surface area contributed by atoms with Gasteiger partial charge in [-0.1, -0.05) is 6.07 Å². The van der Waals surface area contributed by atoms with E-state index in [9.17, 15) is 79.1 Å². The fourth-order valence-corrected chi connectivity index (χ4v) is 11.9. The number of pyridine rings is 1. The van der Waals surface area contributed by atoms with Gasteiger partial charge < -0.3 is 16.0 Å². The molecule has 5 aromatic rings. The number of nitrogens with zero attached hydrogens (tertiary/aromatic N) is 3. The van der Waals surface area contributed by atoms with Crippen molar-refractivity contribution in [1.29, 1.82) is 0 Å². The van der Waals surface area contributed by atoms with Gasteiger partial charge >= 0.3 is 12.4 Å². The number of hydrogen-bond donors (Lipinski definition) is 3. The molecule has 2 unspecified atom stereocenters. The standard InChI is InChI=1S/C24H25F6N3O3S.C24H19F6N3O3S/c2*25-17-2-4-20(5-3-17)37(35,36)33-13-19(27)10-22(33)23(34)32-11-14-7-15(9-18(26)8-14)21-6-1-16(12-31-21)24(28,29)30/h2-5,7-9,16,19,21-22,31H,1,6,10-13H2,(H,32,34);1-9,12,19,22H,10-11,13H2,(H,32,34)/t16?,19-,21?,22+;19-,22+/m11/s1. The largest absolute Gasteiger partial charge is 0.417 e. The summed E-state index contributed by atoms with van der Waals surface area (Å²) in [4.78, 5) is 28.8. The molecule has 0 saturated carbocycles. The van der Waals surface area contributed by atoms with Gasteiger partial charge in [0.25, 0.3) is 0 Å². The average molecular weight is 1090 g/mol. The molecule has 3 aliphatic heterocycles. The van der Waals surface area contributed by atoms with Gasteiger partial charge in [0.2, 0.25) is 31.9 Å². The lowest BCUT2D eigenvalue weighted by molar-refractivity contribution is -0.179. The molecule has 0 spiro atoms. The van der Waals surface area contributed by atoms with Crippen LogP contribution in [0.2, 0.25) is 0 Å². The first-order valence-corrected chi connectivity index (χ1v) is 25.4. The van der Waals surface area contributed by atoms with Crippen molar-refractivity contribution in [3.05, 3.63) is 149 Å². The second-order valence-corrected chi connectivity index (χ2v) is 21.4. The topological polar surface area (TPSA) is 158 Å². The maximum Gasteiger partial charge on any atom is 0.417 e. The first kappa shape index (κ1) is 55.7. The molecule has 2 amide bonds. The fraction of sp³-hybridized carbons (Fsp3) is 0.354. The SMILES string of the molecule is O=C(NCc1cc(F)cc(-c2ccc(C(F)(F)F)cn2)c1)[C@@H]1C[C@@H](F)CN1S(=O)(=O)c1ccc(F)cc1.O=C(NCc1cc(F)cc(C2CCC(C(F)(F)F)CN2)c1)[C@@H]1C[C@@H](F)CN1S(=O)(=O)c1ccc(F)cc1. The van der Waals surface area contributed by atoms with Crippen molar-refractivity contribution in [2.24, 2.45) is 5.92 Å². The van der Waals surface area contributed by atoms with Crippen LogP contribution in [0.5, 0.6) is 0 Å². The fourth-order valence-electron chi connectivity index (χ4n) is 8.65. The third-order valence-corrected chi connectivity index (χ3v) is 16.2. The molecule has 12 nitrogen and oxygen atoms in total. The Hall–Kier alpha value is -6.09. The first-order chi connectivity index (χ1) is 34.7. The molecule has 74 heavy (non-hydrogen) atoms. The minimum absolute atomic E-state index is 0.0627. The van der Waals surface area contributed by atoms with Gasteiger partial charge in [0.1, 0.15) is 47.7 Å². The van der Waals surface area contributed by atoms with E-state index in [0.717, 1.165) is 83.2 Å². The molecule has 398 valence electrons. The van der Waals surface area contributed by atoms with Crippen molar-refractivity contribution in [2.45, 2.75) is 91.4 Å². The minimum atomic E-state index is -4.58. The van der Waals surface area contributed by atoms with Crippen molar-refractivity contribution in [3.8, 4) is 11.3 Å². The lowest BCUT2D eigenvalue weighted by atomic mass is 9.90. The molecule has 6 atom stereocenters. The van der Waals surface area contributed by atoms with Crippen LogP contribution in [-0.2, 0) is 48.9 Å². The number of carbonyl (C=O) groups is 2. The second-order valence-electron chi connectivity index (χ2n) is 17.6. The highest BCUT2D eigenvalue weighted by molar-refractivity contribution is 7.89. The van der Waals surface area contributed by atoms with Crippen LogP contribution < -0.4 is 16.0 Å². The summed E-state index contributed by atoms with van der Waals surface area (Å²) in [6, 6.07) is 13.9. The van der Waals surface area contributed by atoms with Gasteiger partial charge in [-0.25, -0.2) is 43.2 Å². The number of rotatable bonds is 12. The number of sulfonamides is 2. The zero-order valence-electron chi connectivity index (χ0n) is 38.3. The predicted octanol–water partition coefficient (Wildman–Crippen LogP) is 8.45. The Bertz CT molecular complexity index is 3040. The first-order valence-electron chi connectivity index (χ1n) is 22.5. The van der Waals surface area contributed by atoms with E-state index in [-0.39, 0.29) is 65.5 Å². The molecule has 3 saturated heterocycles. The molecule has 3 aliphatic rings. The van der Waals surface area contributed by atoms with Crippen LogP contribution in [0.4, 0.5) is 52.7 Å². The van der Waals surface area contributed by atoms with Gasteiger partial charge in [-0.2, -0.15) is 35.0 Å². The summed E-state index contributed by atoms with van der Waals surface area (Å²) in [6.07, 6.45) is -12.2. The summed E-state index contributed by atoms with van der Waals surface area (Å²) in [7, 11) is -8.60. The van der Waals surface area contributed by atoms with E-state index in [1.807, 2.05) is 0 Å². The van der Waals surface area contributed by atoms with E-state index in [2.05, 4.69) is 20.9 Å². The van der Waals surface area contributed by atoms with Crippen LogP contribution in [0, 0.1) is 29.2 Å². The molecule has 0 aliphatic carbocycles. The Morgan fingerprint density at radius 3 is 1.54 bits per heavy atom. The van der Waals surface area contributed by atoms with Crippen LogP contribution in [-0.4, -0.2) is 92.5 Å². The summed E-state index contributed by atoms with van der Waals surface area (Å²) < 4.78 is 214. The van der Waals surface area contributed by atoms with E-state index in [0.29, 0.717) is 21.6 Å². The summed E-state index contributed by atoms with van der Waals surface area (Å²) in [5.41, 5.74) is 0.201. The third kappa shape index (κ3) is 13.4. The molecule has 0 radical (unpaired) electrons. The number of aromatic nitrogens is 1. The monoisotopic (exact) mass is 1090 g/mol. The van der Waals surface area contributed by atoms with Crippen LogP contribution >= 0.6 is 0 Å². The van der Waals surface area contributed by atoms with Gasteiger partial charge in [-0.15, -0.1) is 0 Å². The lowest BCUT2D eigenvalue weighted by Crippen LogP contribution is -2.45. The molecule has 4 aromatic carbocycles. The lowest BCUT2D eigenvalue weighted by Gasteiger charge is -2.31. The van der Waals surface area contributed by atoms with Crippen molar-refractivity contribution < 1.29 is 79.1 Å². The van der Waals surface area contributed by atoms with Crippen LogP contribution in [0.3, 0.4) is 0 Å². The van der Waals surface area contributed by atoms with Crippen LogP contribution in [0.1, 0.15) is 54.0 Å². The molecule has 3 N–H and O–H groups in total. The van der Waals surface area contributed by atoms with E-state index < -0.39 is 129 Å². The minimum Gasteiger partial charge on any atom is -0.351 e. The zero-order chi connectivity index (χ0) is 53.9. The highest BCUT2D eigenvalue weighted by Crippen LogP contribution is 2.37.